The molecule has 6 nitrogen and oxygen atoms in total. The lowest BCUT2D eigenvalue weighted by Crippen LogP contribution is -2.46. The van der Waals surface area contributed by atoms with Gasteiger partial charge in [0, 0.05) is 17.3 Å². The van der Waals surface area contributed by atoms with E-state index < -0.39 is 0 Å². The molecule has 0 radical (unpaired) electrons. The van der Waals surface area contributed by atoms with Gasteiger partial charge in [-0.05, 0) is 36.8 Å². The van der Waals surface area contributed by atoms with Gasteiger partial charge < -0.3 is 5.32 Å². The Morgan fingerprint density at radius 2 is 2.00 bits per heavy atom. The molecular formula is C22H30N4O2S. The fourth-order valence-electron chi connectivity index (χ4n) is 4.52. The zero-order valence-corrected chi connectivity index (χ0v) is 18.5. The first-order valence-corrected chi connectivity index (χ1v) is 11.6. The smallest absolute Gasteiger partial charge is 0.291 e. The summed E-state index contributed by atoms with van der Waals surface area (Å²) in [6.07, 6.45) is 5.04. The molecule has 0 saturated heterocycles. The van der Waals surface area contributed by atoms with Gasteiger partial charge in [-0.15, -0.1) is 11.3 Å². The van der Waals surface area contributed by atoms with Crippen molar-refractivity contribution >= 4 is 33.0 Å². The normalized spacial score (nSPS) is 22.4. The van der Waals surface area contributed by atoms with E-state index >= 15 is 0 Å². The molecule has 0 bridgehead atoms. The predicted molar refractivity (Wildman–Crippen MR) is 118 cm³/mol. The zero-order valence-electron chi connectivity index (χ0n) is 17.7. The molecular weight excluding hydrogens is 384 g/mol. The monoisotopic (exact) mass is 414 g/mol. The van der Waals surface area contributed by atoms with Gasteiger partial charge >= 0.3 is 0 Å². The molecule has 0 aromatic carbocycles. The van der Waals surface area contributed by atoms with Crippen LogP contribution in [0.1, 0.15) is 57.7 Å². The number of rotatable bonds is 5. The van der Waals surface area contributed by atoms with Crippen molar-refractivity contribution in [3.8, 4) is 0 Å². The average Bonchev–Trinajstić information content (AvgIpc) is 3.25. The summed E-state index contributed by atoms with van der Waals surface area (Å²) in [6.45, 7) is 8.59. The van der Waals surface area contributed by atoms with Crippen LogP contribution in [0.2, 0.25) is 0 Å². The molecule has 3 atom stereocenters. The van der Waals surface area contributed by atoms with Crippen LogP contribution < -0.4 is 10.9 Å². The number of nitrogens with zero attached hydrogens (tertiary/aromatic N) is 3. The lowest BCUT2D eigenvalue weighted by molar-refractivity contribution is -0.123. The Bertz CT molecular complexity index is 1110. The largest absolute Gasteiger partial charge is 0.351 e. The number of hydrogen-bond acceptors (Lipinski definition) is 4. The first kappa shape index (κ1) is 20.1. The lowest BCUT2D eigenvalue weighted by atomic mass is 9.78. The van der Waals surface area contributed by atoms with Gasteiger partial charge in [-0.2, -0.15) is 5.10 Å². The third-order valence-electron chi connectivity index (χ3n) is 6.50. The minimum atomic E-state index is -0.205. The van der Waals surface area contributed by atoms with Crippen molar-refractivity contribution in [3.05, 3.63) is 33.2 Å². The molecule has 0 aliphatic heterocycles. The summed E-state index contributed by atoms with van der Waals surface area (Å²) in [5, 5.41) is 7.71. The summed E-state index contributed by atoms with van der Waals surface area (Å²) in [5.41, 5.74) is 1.45. The van der Waals surface area contributed by atoms with Crippen LogP contribution in [0.5, 0.6) is 0 Å². The van der Waals surface area contributed by atoms with Crippen LogP contribution >= 0.6 is 11.3 Å². The Labute approximate surface area is 174 Å². The molecule has 3 aromatic heterocycles. The Morgan fingerprint density at radius 1 is 1.21 bits per heavy atom. The van der Waals surface area contributed by atoms with Crippen LogP contribution in [-0.4, -0.2) is 26.1 Å². The van der Waals surface area contributed by atoms with Crippen LogP contribution in [0.25, 0.3) is 15.7 Å². The van der Waals surface area contributed by atoms with Gasteiger partial charge in [-0.25, -0.2) is 4.68 Å². The van der Waals surface area contributed by atoms with E-state index in [1.54, 1.807) is 11.3 Å². The molecule has 3 heterocycles. The summed E-state index contributed by atoms with van der Waals surface area (Å²) < 4.78 is 4.40. The van der Waals surface area contributed by atoms with E-state index in [1.165, 1.54) is 16.0 Å². The third kappa shape index (κ3) is 3.61. The predicted octanol–water partition coefficient (Wildman–Crippen LogP) is 3.78. The summed E-state index contributed by atoms with van der Waals surface area (Å²) in [7, 11) is 0. The number of carbonyl (C=O) groups is 1. The van der Waals surface area contributed by atoms with E-state index in [9.17, 15) is 9.59 Å². The van der Waals surface area contributed by atoms with E-state index in [-0.39, 0.29) is 24.1 Å². The number of carbonyl (C=O) groups excluding carboxylic acids is 1. The Kier molecular flexibility index (Phi) is 5.51. The molecule has 1 fully saturated rings. The van der Waals surface area contributed by atoms with E-state index in [0.717, 1.165) is 35.3 Å². The fourth-order valence-corrected chi connectivity index (χ4v) is 5.55. The van der Waals surface area contributed by atoms with Crippen molar-refractivity contribution in [1.82, 2.24) is 19.5 Å². The Hall–Kier alpha value is -2.15. The van der Waals surface area contributed by atoms with Crippen molar-refractivity contribution in [2.75, 3.05) is 0 Å². The van der Waals surface area contributed by atoms with Gasteiger partial charge in [0.25, 0.3) is 5.56 Å². The van der Waals surface area contributed by atoms with Gasteiger partial charge in [-0.1, -0.05) is 40.5 Å². The van der Waals surface area contributed by atoms with Crippen LogP contribution in [0.15, 0.2) is 16.9 Å². The number of nitrogens with one attached hydrogen (secondary N) is 1. The molecule has 1 amide bonds. The number of thiophene rings is 1. The van der Waals surface area contributed by atoms with Crippen molar-refractivity contribution in [2.45, 2.75) is 72.4 Å². The average molecular weight is 415 g/mol. The van der Waals surface area contributed by atoms with Crippen LogP contribution in [-0.2, 0) is 24.2 Å². The molecule has 1 saturated carbocycles. The number of aryl methyl sites for hydroxylation is 2. The van der Waals surface area contributed by atoms with Gasteiger partial charge in [0.2, 0.25) is 5.91 Å². The van der Waals surface area contributed by atoms with Crippen molar-refractivity contribution in [3.63, 3.8) is 0 Å². The molecule has 29 heavy (non-hydrogen) atoms. The third-order valence-corrected chi connectivity index (χ3v) is 7.72. The maximum absolute atomic E-state index is 13.1. The number of amides is 1. The van der Waals surface area contributed by atoms with E-state index in [0.29, 0.717) is 23.8 Å². The zero-order chi connectivity index (χ0) is 20.7. The first-order chi connectivity index (χ1) is 13.9. The molecule has 1 N–H and O–H groups in total. The molecule has 7 heteroatoms. The minimum absolute atomic E-state index is 0.0288. The standard InChI is InChI=1S/C22H30N4O2S/c1-5-15-10-17-19(29-15)11-18-22(28)25(24-20(6-2)26(17)18)12-21(27)23-16-9-7-8-13(3)14(16)4/h10-11,13-14,16H,5-9,12H2,1-4H3,(H,23,27). The highest BCUT2D eigenvalue weighted by molar-refractivity contribution is 7.19. The van der Waals surface area contributed by atoms with Gasteiger partial charge in [-0.3, -0.25) is 14.0 Å². The Balaban J connectivity index is 1.64. The highest BCUT2D eigenvalue weighted by Gasteiger charge is 2.28. The molecule has 156 valence electrons. The minimum Gasteiger partial charge on any atom is -0.351 e. The topological polar surface area (TPSA) is 68.4 Å². The second kappa shape index (κ2) is 7.94. The second-order valence-electron chi connectivity index (χ2n) is 8.35. The SMILES string of the molecule is CCc1cc2c(cc3c(=O)n(CC(=O)NC4CCCC(C)C4C)nc(CC)n32)s1. The van der Waals surface area contributed by atoms with Crippen molar-refractivity contribution in [1.29, 1.82) is 0 Å². The van der Waals surface area contributed by atoms with Crippen LogP contribution in [0.3, 0.4) is 0 Å². The van der Waals surface area contributed by atoms with Crippen molar-refractivity contribution in [2.24, 2.45) is 11.8 Å². The highest BCUT2D eigenvalue weighted by Crippen LogP contribution is 2.30. The highest BCUT2D eigenvalue weighted by atomic mass is 32.1. The fraction of sp³-hybridized carbons (Fsp3) is 0.591. The number of hydrogen-bond donors (Lipinski definition) is 1. The number of fused-ring (bicyclic) bond motifs is 3. The van der Waals surface area contributed by atoms with Crippen LogP contribution in [0, 0.1) is 11.8 Å². The molecule has 3 unspecified atom stereocenters. The second-order valence-corrected chi connectivity index (χ2v) is 9.52. The lowest BCUT2D eigenvalue weighted by Gasteiger charge is -2.34. The maximum Gasteiger partial charge on any atom is 0.291 e. The first-order valence-electron chi connectivity index (χ1n) is 10.8. The number of aromatic nitrogens is 3. The summed E-state index contributed by atoms with van der Waals surface area (Å²) in [5.74, 6) is 1.75. The molecule has 1 aliphatic rings. The van der Waals surface area contributed by atoms with Crippen molar-refractivity contribution < 1.29 is 4.79 Å². The quantitative estimate of drug-likeness (QED) is 0.691. The summed E-state index contributed by atoms with van der Waals surface area (Å²) >= 11 is 1.72. The molecule has 4 rings (SSSR count). The van der Waals surface area contributed by atoms with E-state index in [2.05, 4.69) is 37.3 Å². The maximum atomic E-state index is 13.1. The van der Waals surface area contributed by atoms with Gasteiger partial charge in [0.1, 0.15) is 17.9 Å². The van der Waals surface area contributed by atoms with Crippen LogP contribution in [0.4, 0.5) is 0 Å². The van der Waals surface area contributed by atoms with Gasteiger partial charge in [0.15, 0.2) is 0 Å². The molecule has 0 spiro atoms. The van der Waals surface area contributed by atoms with E-state index in [1.807, 2.05) is 17.4 Å². The summed E-state index contributed by atoms with van der Waals surface area (Å²) in [4.78, 5) is 27.1. The van der Waals surface area contributed by atoms with Gasteiger partial charge in [0.05, 0.1) is 10.2 Å². The molecule has 1 aliphatic carbocycles. The molecule has 3 aromatic rings. The summed E-state index contributed by atoms with van der Waals surface area (Å²) in [6, 6.07) is 4.28. The Morgan fingerprint density at radius 3 is 2.72 bits per heavy atom. The van der Waals surface area contributed by atoms with E-state index in [4.69, 9.17) is 0 Å².